The van der Waals surface area contributed by atoms with E-state index in [9.17, 15) is 0 Å². The van der Waals surface area contributed by atoms with Crippen LogP contribution in [0.25, 0.3) is 0 Å². The van der Waals surface area contributed by atoms with Crippen LogP contribution in [0.15, 0.2) is 46.7 Å². The van der Waals surface area contributed by atoms with Crippen molar-refractivity contribution in [1.29, 1.82) is 0 Å². The summed E-state index contributed by atoms with van der Waals surface area (Å²) in [5.74, 6) is 0. The molecule has 0 aliphatic heterocycles. The minimum absolute atomic E-state index is 0.496. The average Bonchev–Trinajstić information content (AvgIpc) is 2.74. The Morgan fingerprint density at radius 2 is 2.11 bits per heavy atom. The van der Waals surface area contributed by atoms with Gasteiger partial charge in [0, 0.05) is 36.9 Å². The minimum Gasteiger partial charge on any atom is -0.329 e. The number of aromatic nitrogens is 2. The van der Waals surface area contributed by atoms with Crippen molar-refractivity contribution in [2.75, 3.05) is 0 Å². The quantitative estimate of drug-likeness (QED) is 0.897. The van der Waals surface area contributed by atoms with Crippen molar-refractivity contribution in [3.05, 3.63) is 42.2 Å². The predicted octanol–water partition coefficient (Wildman–Crippen LogP) is 3.07. The summed E-state index contributed by atoms with van der Waals surface area (Å²) in [6.07, 6.45) is 3.80. The van der Waals surface area contributed by atoms with Gasteiger partial charge in [0.25, 0.3) is 0 Å². The standard InChI is InChI=1S/C14H19N3S/c1-11(2)16-10-12-6-4-5-7-13(12)18-14-15-8-9-17(14)3/h4-9,11,16H,10H2,1-3H3. The van der Waals surface area contributed by atoms with Crippen molar-refractivity contribution < 1.29 is 0 Å². The van der Waals surface area contributed by atoms with Gasteiger partial charge in [-0.15, -0.1) is 0 Å². The molecule has 0 aliphatic rings. The van der Waals surface area contributed by atoms with Crippen molar-refractivity contribution in [2.45, 2.75) is 36.5 Å². The number of nitrogens with one attached hydrogen (secondary N) is 1. The highest BCUT2D eigenvalue weighted by molar-refractivity contribution is 7.99. The maximum Gasteiger partial charge on any atom is 0.172 e. The summed E-state index contributed by atoms with van der Waals surface area (Å²) in [6.45, 7) is 5.22. The molecular formula is C14H19N3S. The molecule has 2 aromatic rings. The number of aryl methyl sites for hydroxylation is 1. The summed E-state index contributed by atoms with van der Waals surface area (Å²) in [5, 5.41) is 4.48. The fraction of sp³-hybridized carbons (Fsp3) is 0.357. The largest absolute Gasteiger partial charge is 0.329 e. The number of imidazole rings is 1. The van der Waals surface area contributed by atoms with E-state index in [-0.39, 0.29) is 0 Å². The summed E-state index contributed by atoms with van der Waals surface area (Å²) < 4.78 is 2.04. The minimum atomic E-state index is 0.496. The van der Waals surface area contributed by atoms with Gasteiger partial charge in [0.2, 0.25) is 0 Å². The number of nitrogens with zero attached hydrogens (tertiary/aromatic N) is 2. The molecule has 0 fully saturated rings. The maximum atomic E-state index is 4.35. The molecule has 0 unspecified atom stereocenters. The van der Waals surface area contributed by atoms with E-state index in [0.717, 1.165) is 11.7 Å². The van der Waals surface area contributed by atoms with Crippen LogP contribution in [0.4, 0.5) is 0 Å². The molecule has 0 radical (unpaired) electrons. The molecule has 0 saturated carbocycles. The molecule has 3 nitrogen and oxygen atoms in total. The van der Waals surface area contributed by atoms with Crippen molar-refractivity contribution >= 4 is 11.8 Å². The van der Waals surface area contributed by atoms with Gasteiger partial charge >= 0.3 is 0 Å². The third-order valence-corrected chi connectivity index (χ3v) is 3.85. The van der Waals surface area contributed by atoms with E-state index in [4.69, 9.17) is 0 Å². The zero-order valence-electron chi connectivity index (χ0n) is 11.1. The Labute approximate surface area is 113 Å². The highest BCUT2D eigenvalue weighted by atomic mass is 32.2. The van der Waals surface area contributed by atoms with Gasteiger partial charge in [-0.3, -0.25) is 0 Å². The number of hydrogen-bond acceptors (Lipinski definition) is 3. The molecule has 2 rings (SSSR count). The normalized spacial score (nSPS) is 11.1. The molecular weight excluding hydrogens is 242 g/mol. The first-order valence-corrected chi connectivity index (χ1v) is 6.95. The number of rotatable bonds is 5. The molecule has 0 aliphatic carbocycles. The molecule has 0 atom stereocenters. The Kier molecular flexibility index (Phi) is 4.44. The van der Waals surface area contributed by atoms with Gasteiger partial charge in [-0.05, 0) is 11.6 Å². The van der Waals surface area contributed by atoms with E-state index < -0.39 is 0 Å². The van der Waals surface area contributed by atoms with E-state index in [0.29, 0.717) is 6.04 Å². The summed E-state index contributed by atoms with van der Waals surface area (Å²) in [6, 6.07) is 8.97. The Bertz CT molecular complexity index is 505. The van der Waals surface area contributed by atoms with Crippen LogP contribution in [0.1, 0.15) is 19.4 Å². The van der Waals surface area contributed by atoms with Gasteiger partial charge in [-0.25, -0.2) is 4.98 Å². The third-order valence-electron chi connectivity index (χ3n) is 2.65. The molecule has 18 heavy (non-hydrogen) atoms. The maximum absolute atomic E-state index is 4.35. The molecule has 1 heterocycles. The zero-order chi connectivity index (χ0) is 13.0. The fourth-order valence-electron chi connectivity index (χ4n) is 1.61. The first kappa shape index (κ1) is 13.2. The second-order valence-electron chi connectivity index (χ2n) is 4.57. The first-order valence-electron chi connectivity index (χ1n) is 6.13. The lowest BCUT2D eigenvalue weighted by Gasteiger charge is -2.12. The topological polar surface area (TPSA) is 29.9 Å². The van der Waals surface area contributed by atoms with Crippen molar-refractivity contribution in [1.82, 2.24) is 14.9 Å². The number of hydrogen-bond donors (Lipinski definition) is 1. The highest BCUT2D eigenvalue weighted by Gasteiger charge is 2.07. The Morgan fingerprint density at radius 1 is 1.33 bits per heavy atom. The lowest BCUT2D eigenvalue weighted by atomic mass is 10.2. The van der Waals surface area contributed by atoms with Gasteiger partial charge in [0.15, 0.2) is 5.16 Å². The van der Waals surface area contributed by atoms with Gasteiger partial charge in [0.1, 0.15) is 0 Å². The summed E-state index contributed by atoms with van der Waals surface area (Å²) in [4.78, 5) is 5.62. The molecule has 96 valence electrons. The fourth-order valence-corrected chi connectivity index (χ4v) is 2.55. The molecule has 0 amide bonds. The second-order valence-corrected chi connectivity index (χ2v) is 5.58. The molecule has 0 spiro atoms. The zero-order valence-corrected chi connectivity index (χ0v) is 11.9. The Hall–Kier alpha value is -1.26. The van der Waals surface area contributed by atoms with Crippen LogP contribution < -0.4 is 5.32 Å². The van der Waals surface area contributed by atoms with Gasteiger partial charge < -0.3 is 9.88 Å². The van der Waals surface area contributed by atoms with E-state index in [1.54, 1.807) is 11.8 Å². The van der Waals surface area contributed by atoms with Crippen LogP contribution in [0.5, 0.6) is 0 Å². The van der Waals surface area contributed by atoms with Gasteiger partial charge in [-0.2, -0.15) is 0 Å². The molecule has 1 aromatic heterocycles. The SMILES string of the molecule is CC(C)NCc1ccccc1Sc1nccn1C. The molecule has 0 saturated heterocycles. The molecule has 4 heteroatoms. The number of benzene rings is 1. The van der Waals surface area contributed by atoms with Crippen molar-refractivity contribution in [3.63, 3.8) is 0 Å². The summed E-state index contributed by atoms with van der Waals surface area (Å²) in [5.41, 5.74) is 1.32. The lowest BCUT2D eigenvalue weighted by molar-refractivity contribution is 0.584. The van der Waals surface area contributed by atoms with Gasteiger partial charge in [0.05, 0.1) is 0 Å². The lowest BCUT2D eigenvalue weighted by Crippen LogP contribution is -2.22. The summed E-state index contributed by atoms with van der Waals surface area (Å²) in [7, 11) is 2.02. The van der Waals surface area contributed by atoms with E-state index >= 15 is 0 Å². The Morgan fingerprint density at radius 3 is 2.78 bits per heavy atom. The first-order chi connectivity index (χ1) is 8.66. The Balaban J connectivity index is 2.14. The van der Waals surface area contributed by atoms with E-state index in [1.165, 1.54) is 10.5 Å². The summed E-state index contributed by atoms with van der Waals surface area (Å²) >= 11 is 1.71. The van der Waals surface area contributed by atoms with Crippen molar-refractivity contribution in [2.24, 2.45) is 7.05 Å². The predicted molar refractivity (Wildman–Crippen MR) is 75.7 cm³/mol. The van der Waals surface area contributed by atoms with Gasteiger partial charge in [-0.1, -0.05) is 43.8 Å². The monoisotopic (exact) mass is 261 g/mol. The highest BCUT2D eigenvalue weighted by Crippen LogP contribution is 2.28. The van der Waals surface area contributed by atoms with Crippen molar-refractivity contribution in [3.8, 4) is 0 Å². The van der Waals surface area contributed by atoms with Crippen LogP contribution in [-0.2, 0) is 13.6 Å². The second kappa shape index (κ2) is 6.07. The van der Waals surface area contributed by atoms with Crippen LogP contribution in [-0.4, -0.2) is 15.6 Å². The van der Waals surface area contributed by atoms with Crippen LogP contribution >= 0.6 is 11.8 Å². The van der Waals surface area contributed by atoms with E-state index in [1.807, 2.05) is 24.0 Å². The van der Waals surface area contributed by atoms with Crippen LogP contribution in [0.3, 0.4) is 0 Å². The average molecular weight is 261 g/mol. The molecule has 1 aromatic carbocycles. The van der Waals surface area contributed by atoms with Crippen LogP contribution in [0, 0.1) is 0 Å². The van der Waals surface area contributed by atoms with E-state index in [2.05, 4.69) is 48.4 Å². The molecule has 1 N–H and O–H groups in total. The third kappa shape index (κ3) is 3.37. The molecule has 0 bridgehead atoms. The smallest absolute Gasteiger partial charge is 0.172 e. The van der Waals surface area contributed by atoms with Crippen LogP contribution in [0.2, 0.25) is 0 Å².